The molecule has 36 heavy (non-hydrogen) atoms. The van der Waals surface area contributed by atoms with Gasteiger partial charge in [0, 0.05) is 25.2 Å². The molecule has 2 aromatic rings. The standard InChI is InChI=1S/C25H27F6NO3S/c1-2-18-13-17(14-32-15-22(16-32)9-11-36(34,35)12-10-22)3-8-21(18)19-4-6-20(7-5-19)23(33,24(26,27)28)25(29,30)31/h3-8,13,33H,2,9-12,14-16H2,1H3. The van der Waals surface area contributed by atoms with Gasteiger partial charge in [0.25, 0.3) is 5.60 Å². The molecule has 0 aromatic heterocycles. The zero-order valence-electron chi connectivity index (χ0n) is 19.6. The van der Waals surface area contributed by atoms with Crippen LogP contribution in [-0.4, -0.2) is 55.4 Å². The van der Waals surface area contributed by atoms with Crippen molar-refractivity contribution in [1.29, 1.82) is 0 Å². The lowest BCUT2D eigenvalue weighted by Gasteiger charge is -2.52. The van der Waals surface area contributed by atoms with Crippen LogP contribution in [0, 0.1) is 5.41 Å². The van der Waals surface area contributed by atoms with E-state index in [1.54, 1.807) is 6.07 Å². The van der Waals surface area contributed by atoms with E-state index < -0.39 is 33.4 Å². The summed E-state index contributed by atoms with van der Waals surface area (Å²) in [5.41, 5.74) is -3.13. The van der Waals surface area contributed by atoms with Crippen molar-refractivity contribution in [3.05, 3.63) is 59.2 Å². The fraction of sp³-hybridized carbons (Fsp3) is 0.520. The Hall–Kier alpha value is -2.11. The van der Waals surface area contributed by atoms with Crippen LogP contribution in [-0.2, 0) is 28.4 Å². The van der Waals surface area contributed by atoms with Gasteiger partial charge in [-0.25, -0.2) is 8.42 Å². The lowest BCUT2D eigenvalue weighted by Crippen LogP contribution is -2.58. The summed E-state index contributed by atoms with van der Waals surface area (Å²) in [4.78, 5) is 2.25. The maximum Gasteiger partial charge on any atom is 0.430 e. The largest absolute Gasteiger partial charge is 0.430 e. The van der Waals surface area contributed by atoms with Crippen LogP contribution in [0.3, 0.4) is 0 Å². The number of aryl methyl sites for hydroxylation is 1. The predicted octanol–water partition coefficient (Wildman–Crippen LogP) is 5.24. The minimum absolute atomic E-state index is 0.0648. The number of halogens is 6. The van der Waals surface area contributed by atoms with Gasteiger partial charge in [0.1, 0.15) is 9.84 Å². The zero-order chi connectivity index (χ0) is 26.6. The Kier molecular flexibility index (Phi) is 6.75. The first kappa shape index (κ1) is 26.9. The van der Waals surface area contributed by atoms with Crippen molar-refractivity contribution in [2.75, 3.05) is 24.6 Å². The van der Waals surface area contributed by atoms with Crippen molar-refractivity contribution in [2.45, 2.75) is 50.7 Å². The topological polar surface area (TPSA) is 57.6 Å². The number of likely N-dealkylation sites (tertiary alicyclic amines) is 1. The maximum atomic E-state index is 13.2. The number of hydrogen-bond donors (Lipinski definition) is 1. The van der Waals surface area contributed by atoms with Gasteiger partial charge in [0.2, 0.25) is 0 Å². The molecule has 2 fully saturated rings. The number of hydrogen-bond acceptors (Lipinski definition) is 4. The summed E-state index contributed by atoms with van der Waals surface area (Å²) >= 11 is 0. The summed E-state index contributed by atoms with van der Waals surface area (Å²) in [7, 11) is -2.92. The molecular formula is C25H27F6NO3S. The Labute approximate surface area is 205 Å². The molecule has 11 heteroatoms. The second kappa shape index (κ2) is 9.02. The van der Waals surface area contributed by atoms with Crippen LogP contribution in [0.25, 0.3) is 11.1 Å². The van der Waals surface area contributed by atoms with E-state index in [0.717, 1.165) is 36.3 Å². The Morgan fingerprint density at radius 2 is 1.47 bits per heavy atom. The predicted molar refractivity (Wildman–Crippen MR) is 123 cm³/mol. The molecule has 1 spiro atoms. The molecule has 4 nitrogen and oxygen atoms in total. The number of aliphatic hydroxyl groups is 1. The average molecular weight is 536 g/mol. The van der Waals surface area contributed by atoms with Crippen molar-refractivity contribution < 1.29 is 39.9 Å². The maximum absolute atomic E-state index is 13.2. The van der Waals surface area contributed by atoms with Crippen LogP contribution in [0.5, 0.6) is 0 Å². The summed E-state index contributed by atoms with van der Waals surface area (Å²) in [5, 5.41) is 9.60. The molecule has 1 N–H and O–H groups in total. The van der Waals surface area contributed by atoms with Crippen LogP contribution < -0.4 is 0 Å². The molecule has 2 saturated heterocycles. The highest BCUT2D eigenvalue weighted by Gasteiger charge is 2.71. The highest BCUT2D eigenvalue weighted by Crippen LogP contribution is 2.50. The quantitative estimate of drug-likeness (QED) is 0.533. The number of nitrogens with zero attached hydrogens (tertiary/aromatic N) is 1. The van der Waals surface area contributed by atoms with E-state index in [9.17, 15) is 39.9 Å². The summed E-state index contributed by atoms with van der Waals surface area (Å²) < 4.78 is 102. The van der Waals surface area contributed by atoms with Gasteiger partial charge >= 0.3 is 12.4 Å². The summed E-state index contributed by atoms with van der Waals surface area (Å²) in [6.45, 7) is 4.23. The molecule has 0 unspecified atom stereocenters. The van der Waals surface area contributed by atoms with Crippen LogP contribution in [0.1, 0.15) is 36.5 Å². The van der Waals surface area contributed by atoms with Crippen molar-refractivity contribution in [3.8, 4) is 11.1 Å². The second-order valence-electron chi connectivity index (χ2n) is 9.93. The van der Waals surface area contributed by atoms with Gasteiger partial charge in [-0.15, -0.1) is 0 Å². The van der Waals surface area contributed by atoms with E-state index in [4.69, 9.17) is 0 Å². The van der Waals surface area contributed by atoms with Gasteiger partial charge in [0.05, 0.1) is 11.5 Å². The van der Waals surface area contributed by atoms with E-state index in [1.807, 2.05) is 19.1 Å². The Balaban J connectivity index is 1.49. The van der Waals surface area contributed by atoms with E-state index >= 15 is 0 Å². The van der Waals surface area contributed by atoms with Gasteiger partial charge in [0.15, 0.2) is 0 Å². The minimum Gasteiger partial charge on any atom is -0.369 e. The first-order chi connectivity index (χ1) is 16.6. The summed E-state index contributed by atoms with van der Waals surface area (Å²) in [5.74, 6) is 0.468. The normalized spacial score (nSPS) is 20.3. The van der Waals surface area contributed by atoms with Gasteiger partial charge < -0.3 is 5.11 Å². The van der Waals surface area contributed by atoms with Crippen LogP contribution >= 0.6 is 0 Å². The smallest absolute Gasteiger partial charge is 0.369 e. The molecule has 0 amide bonds. The highest BCUT2D eigenvalue weighted by molar-refractivity contribution is 7.91. The molecule has 0 aliphatic carbocycles. The monoisotopic (exact) mass is 535 g/mol. The lowest BCUT2D eigenvalue weighted by molar-refractivity contribution is -0.376. The van der Waals surface area contributed by atoms with E-state index in [-0.39, 0.29) is 16.9 Å². The van der Waals surface area contributed by atoms with Crippen molar-refractivity contribution >= 4 is 9.84 Å². The third-order valence-corrected chi connectivity index (χ3v) is 9.05. The third kappa shape index (κ3) is 4.89. The number of benzene rings is 2. The third-order valence-electron chi connectivity index (χ3n) is 7.40. The molecule has 198 valence electrons. The molecule has 0 radical (unpaired) electrons. The van der Waals surface area contributed by atoms with Gasteiger partial charge in [-0.2, -0.15) is 26.3 Å². The van der Waals surface area contributed by atoms with Gasteiger partial charge in [-0.1, -0.05) is 49.4 Å². The van der Waals surface area contributed by atoms with Crippen molar-refractivity contribution in [1.82, 2.24) is 4.90 Å². The van der Waals surface area contributed by atoms with Crippen LogP contribution in [0.4, 0.5) is 26.3 Å². The van der Waals surface area contributed by atoms with Crippen molar-refractivity contribution in [2.24, 2.45) is 5.41 Å². The summed E-state index contributed by atoms with van der Waals surface area (Å²) in [6.07, 6.45) is -9.89. The lowest BCUT2D eigenvalue weighted by atomic mass is 9.74. The Morgan fingerprint density at radius 3 is 1.97 bits per heavy atom. The highest BCUT2D eigenvalue weighted by atomic mass is 32.2. The number of sulfone groups is 1. The van der Waals surface area contributed by atoms with Crippen LogP contribution in [0.15, 0.2) is 42.5 Å². The van der Waals surface area contributed by atoms with Crippen molar-refractivity contribution in [3.63, 3.8) is 0 Å². The van der Waals surface area contributed by atoms with Gasteiger partial charge in [-0.05, 0) is 46.9 Å². The number of alkyl halides is 6. The fourth-order valence-electron chi connectivity index (χ4n) is 5.26. The Morgan fingerprint density at radius 1 is 0.917 bits per heavy atom. The SMILES string of the molecule is CCc1cc(CN2CC3(CCS(=O)(=O)CC3)C2)ccc1-c1ccc(C(O)(C(F)(F)F)C(F)(F)F)cc1. The molecule has 0 atom stereocenters. The average Bonchev–Trinajstić information content (AvgIpc) is 2.77. The molecular weight excluding hydrogens is 508 g/mol. The Bertz CT molecular complexity index is 1190. The minimum atomic E-state index is -5.93. The second-order valence-corrected chi connectivity index (χ2v) is 12.2. The molecule has 2 heterocycles. The van der Waals surface area contributed by atoms with Gasteiger partial charge in [-0.3, -0.25) is 4.90 Å². The fourth-order valence-corrected chi connectivity index (χ4v) is 6.95. The first-order valence-corrected chi connectivity index (χ1v) is 13.4. The van der Waals surface area contributed by atoms with E-state index in [0.29, 0.717) is 49.1 Å². The van der Waals surface area contributed by atoms with Crippen LogP contribution in [0.2, 0.25) is 0 Å². The molecule has 0 saturated carbocycles. The molecule has 2 aliphatic rings. The molecule has 2 aromatic carbocycles. The zero-order valence-corrected chi connectivity index (χ0v) is 20.4. The molecule has 4 rings (SSSR count). The first-order valence-electron chi connectivity index (χ1n) is 11.6. The van der Waals surface area contributed by atoms with E-state index in [2.05, 4.69) is 4.90 Å². The molecule has 2 aliphatic heterocycles. The van der Waals surface area contributed by atoms with E-state index in [1.165, 1.54) is 0 Å². The molecule has 0 bridgehead atoms. The number of rotatable bonds is 5. The summed E-state index contributed by atoms with van der Waals surface area (Å²) in [6, 6.07) is 9.28.